The fraction of sp³-hybridized carbons (Fsp3) is 0. The van der Waals surface area contributed by atoms with Crippen molar-refractivity contribution in [3.05, 3.63) is 82.3 Å². The molecule has 0 aliphatic rings. The van der Waals surface area contributed by atoms with E-state index in [-0.39, 0.29) is 31.0 Å². The second-order valence-corrected chi connectivity index (χ2v) is 6.03. The summed E-state index contributed by atoms with van der Waals surface area (Å²) < 4.78 is 0. The summed E-state index contributed by atoms with van der Waals surface area (Å²) >= 11 is 8.72. The van der Waals surface area contributed by atoms with E-state index in [0.29, 0.717) is 0 Å². The van der Waals surface area contributed by atoms with Gasteiger partial charge in [-0.3, -0.25) is 14.8 Å². The smallest absolute Gasteiger partial charge is 0.812 e. The van der Waals surface area contributed by atoms with Gasteiger partial charge in [-0.25, -0.2) is 0 Å². The number of fused-ring (bicyclic) bond motifs is 5. The van der Waals surface area contributed by atoms with E-state index in [1.165, 1.54) is 5.39 Å². The van der Waals surface area contributed by atoms with Gasteiger partial charge in [0.25, 0.3) is 0 Å². The van der Waals surface area contributed by atoms with Gasteiger partial charge in [0, 0.05) is 33.6 Å². The normalized spacial score (nSPS) is 10.7. The molecule has 4 nitrogen and oxygen atoms in total. The third-order valence-electron chi connectivity index (χ3n) is 3.72. The molecular weight excluding hydrogens is 555 g/mol. The van der Waals surface area contributed by atoms with Crippen LogP contribution in [0.1, 0.15) is 0 Å². The van der Waals surface area contributed by atoms with Crippen molar-refractivity contribution in [3.8, 4) is 6.07 Å². The molecular formula is C20H10N4PtS2. The van der Waals surface area contributed by atoms with E-state index in [1.807, 2.05) is 24.5 Å². The maximum atomic E-state index is 8.01. The van der Waals surface area contributed by atoms with Gasteiger partial charge in [0.05, 0.1) is 23.7 Å². The number of aromatic nitrogens is 2. The molecule has 27 heavy (non-hydrogen) atoms. The maximum Gasteiger partial charge on any atom is 2.00 e. The predicted octanol–water partition coefficient (Wildman–Crippen LogP) is 4.63. The number of nitrogens with zero attached hydrogens (tertiary/aromatic N) is 4. The third kappa shape index (κ3) is 4.38. The molecule has 0 saturated heterocycles. The summed E-state index contributed by atoms with van der Waals surface area (Å²) in [4.78, 5) is 11.7. The van der Waals surface area contributed by atoms with Gasteiger partial charge in [0.2, 0.25) is 0 Å². The van der Waals surface area contributed by atoms with E-state index in [0.717, 1.165) is 27.2 Å². The Labute approximate surface area is 181 Å². The molecule has 2 aromatic heterocycles. The van der Waals surface area contributed by atoms with Crippen molar-refractivity contribution < 1.29 is 21.1 Å². The van der Waals surface area contributed by atoms with Gasteiger partial charge in [-0.1, -0.05) is 36.4 Å². The van der Waals surface area contributed by atoms with Crippen LogP contribution in [-0.2, 0) is 46.3 Å². The van der Waals surface area contributed by atoms with Crippen molar-refractivity contribution >= 4 is 57.8 Å². The summed E-state index contributed by atoms with van der Waals surface area (Å²) in [5, 5.41) is 12.5. The summed E-state index contributed by atoms with van der Waals surface area (Å²) in [6.07, 6.45) is 3.67. The summed E-state index contributed by atoms with van der Waals surface area (Å²) in [6, 6.07) is 18.2. The number of pyridine rings is 2. The molecule has 7 heteroatoms. The van der Waals surface area contributed by atoms with Gasteiger partial charge in [-0.2, -0.15) is 5.26 Å². The first-order valence-corrected chi connectivity index (χ1v) is 8.34. The van der Waals surface area contributed by atoms with Crippen LogP contribution in [0.2, 0.25) is 0 Å². The summed E-state index contributed by atoms with van der Waals surface area (Å²) in [6.45, 7) is 6.29. The van der Waals surface area contributed by atoms with Gasteiger partial charge < -0.3 is 25.3 Å². The van der Waals surface area contributed by atoms with Crippen LogP contribution in [0.25, 0.3) is 37.4 Å². The van der Waals surface area contributed by atoms with Crippen molar-refractivity contribution in [1.29, 1.82) is 5.26 Å². The van der Waals surface area contributed by atoms with E-state index >= 15 is 0 Å². The van der Waals surface area contributed by atoms with Gasteiger partial charge in [0.15, 0.2) is 0 Å². The molecule has 0 saturated carbocycles. The molecule has 0 aliphatic heterocycles. The van der Waals surface area contributed by atoms with Crippen LogP contribution in [0.5, 0.6) is 0 Å². The SMILES string of the molecule is [C-]#[N+]C([S-])=C([S-])C#N.[Pt+2].c1cnc2c(c1)ccc1ccc3cccnc3c12. The minimum absolute atomic E-state index is 0. The molecule has 0 atom stereocenters. The second-order valence-electron chi connectivity index (χ2n) is 5.24. The molecule has 0 fully saturated rings. The molecule has 0 radical (unpaired) electrons. The molecule has 0 aliphatic carbocycles. The summed E-state index contributed by atoms with van der Waals surface area (Å²) in [5.74, 6) is 0. The van der Waals surface area contributed by atoms with Crippen molar-refractivity contribution in [2.75, 3.05) is 0 Å². The zero-order chi connectivity index (χ0) is 18.5. The van der Waals surface area contributed by atoms with Crippen molar-refractivity contribution in [2.24, 2.45) is 0 Å². The van der Waals surface area contributed by atoms with Crippen LogP contribution < -0.4 is 0 Å². The molecule has 0 N–H and O–H groups in total. The Balaban J connectivity index is 0.000000252. The average Bonchev–Trinajstić information content (AvgIpc) is 2.72. The number of hydrogen-bond donors (Lipinski definition) is 0. The Bertz CT molecular complexity index is 1150. The maximum absolute atomic E-state index is 8.01. The molecule has 2 heterocycles. The van der Waals surface area contributed by atoms with E-state index < -0.39 is 0 Å². The number of allylic oxidation sites excluding steroid dienone is 1. The number of benzene rings is 2. The summed E-state index contributed by atoms with van der Waals surface area (Å²) in [5.41, 5.74) is 2.05. The van der Waals surface area contributed by atoms with Crippen molar-refractivity contribution in [1.82, 2.24) is 9.97 Å². The molecule has 4 rings (SSSR count). The van der Waals surface area contributed by atoms with Gasteiger partial charge in [0.1, 0.15) is 0 Å². The second kappa shape index (κ2) is 9.35. The molecule has 0 amide bonds. The fourth-order valence-corrected chi connectivity index (χ4v) is 2.68. The van der Waals surface area contributed by atoms with Crippen LogP contribution in [0.4, 0.5) is 0 Å². The van der Waals surface area contributed by atoms with Crippen LogP contribution in [0.3, 0.4) is 0 Å². The predicted molar refractivity (Wildman–Crippen MR) is 109 cm³/mol. The first-order valence-electron chi connectivity index (χ1n) is 7.52. The van der Waals surface area contributed by atoms with Crippen LogP contribution in [-0.4, -0.2) is 9.97 Å². The Morgan fingerprint density at radius 1 is 0.889 bits per heavy atom. The molecule has 2 aromatic carbocycles. The zero-order valence-electron chi connectivity index (χ0n) is 13.7. The van der Waals surface area contributed by atoms with Crippen LogP contribution in [0, 0.1) is 17.9 Å². The summed E-state index contributed by atoms with van der Waals surface area (Å²) in [7, 11) is 0. The van der Waals surface area contributed by atoms with Gasteiger partial charge >= 0.3 is 21.1 Å². The quantitative estimate of drug-likeness (QED) is 0.135. The number of nitriles is 1. The molecule has 4 aromatic rings. The van der Waals surface area contributed by atoms with E-state index in [1.54, 1.807) is 6.07 Å². The van der Waals surface area contributed by atoms with Crippen molar-refractivity contribution in [3.63, 3.8) is 0 Å². The molecule has 132 valence electrons. The van der Waals surface area contributed by atoms with Crippen molar-refractivity contribution in [2.45, 2.75) is 0 Å². The van der Waals surface area contributed by atoms with E-state index in [2.05, 4.69) is 76.5 Å². The molecule has 0 spiro atoms. The Hall–Kier alpha value is -2.63. The third-order valence-corrected chi connectivity index (χ3v) is 4.43. The van der Waals surface area contributed by atoms with Gasteiger partial charge in [-0.15, -0.1) is 4.91 Å². The zero-order valence-corrected chi connectivity index (χ0v) is 17.6. The minimum Gasteiger partial charge on any atom is -0.812 e. The van der Waals surface area contributed by atoms with E-state index in [4.69, 9.17) is 11.8 Å². The number of rotatable bonds is 0. The largest absolute Gasteiger partial charge is 2.00 e. The van der Waals surface area contributed by atoms with Gasteiger partial charge in [-0.05, 0) is 17.5 Å². The van der Waals surface area contributed by atoms with Crippen LogP contribution >= 0.6 is 0 Å². The topological polar surface area (TPSA) is 53.9 Å². The first-order chi connectivity index (χ1) is 12.7. The Morgan fingerprint density at radius 2 is 1.37 bits per heavy atom. The fourth-order valence-electron chi connectivity index (χ4n) is 2.59. The monoisotopic (exact) mass is 565 g/mol. The van der Waals surface area contributed by atoms with E-state index in [9.17, 15) is 0 Å². The number of hydrogen-bond acceptors (Lipinski definition) is 5. The van der Waals surface area contributed by atoms with Crippen LogP contribution in [0.15, 0.2) is 70.9 Å². The standard InChI is InChI=1S/C16H10N2.C4H2N2S2.Pt/c1-3-12-7-5-11-6-8-13-4-2-10-18-16(13)14(11)15(12)17-9-1;1-6-4(8)3(7)2-5;/h1-10H;7-8H;/q;;+2/p-2. The molecule has 0 unspecified atom stereocenters. The average molecular weight is 566 g/mol. The molecule has 0 bridgehead atoms. The minimum atomic E-state index is -0.123. The first kappa shape index (κ1) is 20.7. The Morgan fingerprint density at radius 3 is 1.78 bits per heavy atom. The Kier molecular flexibility index (Phi) is 7.16.